The van der Waals surface area contributed by atoms with Gasteiger partial charge in [0.1, 0.15) is 23.0 Å². The number of thiazole rings is 1. The van der Waals surface area contributed by atoms with Crippen molar-refractivity contribution >= 4 is 17.6 Å². The molecule has 0 saturated heterocycles. The molecule has 0 amide bonds. The number of aromatic hydroxyl groups is 2. The molecule has 1 aromatic heterocycles. The van der Waals surface area contributed by atoms with Crippen LogP contribution in [0.4, 0.5) is 0 Å². The molecule has 8 heteroatoms. The SMILES string of the molecule is CN=c1scc(-c2cc(OC)ccc2OC)n1N=Cc1ccc(O)cc1O. The Kier molecular flexibility index (Phi) is 5.46. The first-order chi connectivity index (χ1) is 13.1. The van der Waals surface area contributed by atoms with Gasteiger partial charge in [-0.1, -0.05) is 0 Å². The van der Waals surface area contributed by atoms with Crippen LogP contribution in [0.25, 0.3) is 11.3 Å². The van der Waals surface area contributed by atoms with Crippen molar-refractivity contribution in [2.24, 2.45) is 10.1 Å². The van der Waals surface area contributed by atoms with E-state index in [2.05, 4.69) is 10.1 Å². The van der Waals surface area contributed by atoms with Crippen molar-refractivity contribution in [3.63, 3.8) is 0 Å². The zero-order chi connectivity index (χ0) is 19.4. The van der Waals surface area contributed by atoms with E-state index in [0.717, 1.165) is 11.3 Å². The monoisotopic (exact) mass is 385 g/mol. The van der Waals surface area contributed by atoms with Gasteiger partial charge in [-0.05, 0) is 30.3 Å². The summed E-state index contributed by atoms with van der Waals surface area (Å²) in [6, 6.07) is 9.84. The summed E-state index contributed by atoms with van der Waals surface area (Å²) in [7, 11) is 4.89. The highest BCUT2D eigenvalue weighted by molar-refractivity contribution is 7.07. The largest absolute Gasteiger partial charge is 0.508 e. The van der Waals surface area contributed by atoms with Crippen LogP contribution in [-0.2, 0) is 0 Å². The Hall–Kier alpha value is -3.26. The molecule has 0 atom stereocenters. The van der Waals surface area contributed by atoms with Gasteiger partial charge in [-0.25, -0.2) is 4.68 Å². The molecule has 0 spiro atoms. The second-order valence-electron chi connectivity index (χ2n) is 5.49. The number of nitrogens with zero attached hydrogens (tertiary/aromatic N) is 3. The Morgan fingerprint density at radius 1 is 1.07 bits per heavy atom. The minimum atomic E-state index is -0.0647. The van der Waals surface area contributed by atoms with Crippen LogP contribution >= 0.6 is 11.3 Å². The quantitative estimate of drug-likeness (QED) is 0.661. The van der Waals surface area contributed by atoms with Crippen molar-refractivity contribution in [1.82, 2.24) is 4.68 Å². The van der Waals surface area contributed by atoms with Crippen molar-refractivity contribution in [1.29, 1.82) is 0 Å². The average molecular weight is 385 g/mol. The van der Waals surface area contributed by atoms with Crippen LogP contribution in [0.15, 0.2) is 51.9 Å². The summed E-state index contributed by atoms with van der Waals surface area (Å²) in [6.07, 6.45) is 1.51. The summed E-state index contributed by atoms with van der Waals surface area (Å²) in [5.74, 6) is 1.29. The number of hydrogen-bond acceptors (Lipinski definition) is 7. The molecule has 0 bridgehead atoms. The topological polar surface area (TPSA) is 88.6 Å². The standard InChI is InChI=1S/C19H19N3O4S/c1-20-19-22(21-10-12-4-5-13(23)8-17(12)24)16(11-27-19)15-9-14(25-2)6-7-18(15)26-3/h4-11,23-24H,1-3H3. The van der Waals surface area contributed by atoms with E-state index in [-0.39, 0.29) is 11.5 Å². The minimum Gasteiger partial charge on any atom is -0.508 e. The zero-order valence-electron chi connectivity index (χ0n) is 15.1. The Balaban J connectivity index is 2.13. The van der Waals surface area contributed by atoms with Gasteiger partial charge in [-0.15, -0.1) is 11.3 Å². The van der Waals surface area contributed by atoms with E-state index in [1.54, 1.807) is 32.0 Å². The van der Waals surface area contributed by atoms with E-state index in [1.165, 1.54) is 29.7 Å². The summed E-state index contributed by atoms with van der Waals surface area (Å²) >= 11 is 1.43. The highest BCUT2D eigenvalue weighted by Crippen LogP contribution is 2.33. The van der Waals surface area contributed by atoms with Gasteiger partial charge in [0, 0.05) is 29.6 Å². The third kappa shape index (κ3) is 3.80. The second kappa shape index (κ2) is 7.96. The molecule has 0 aliphatic rings. The lowest BCUT2D eigenvalue weighted by Gasteiger charge is -2.11. The van der Waals surface area contributed by atoms with Crippen LogP contribution in [-0.4, -0.2) is 42.4 Å². The van der Waals surface area contributed by atoms with Crippen molar-refractivity contribution in [2.75, 3.05) is 21.3 Å². The van der Waals surface area contributed by atoms with Gasteiger partial charge in [0.25, 0.3) is 0 Å². The molecule has 140 valence electrons. The molecule has 27 heavy (non-hydrogen) atoms. The van der Waals surface area contributed by atoms with Crippen LogP contribution in [0.2, 0.25) is 0 Å². The highest BCUT2D eigenvalue weighted by atomic mass is 32.1. The van der Waals surface area contributed by atoms with E-state index in [1.807, 2.05) is 23.6 Å². The minimum absolute atomic E-state index is 0.0149. The molecular formula is C19H19N3O4S. The van der Waals surface area contributed by atoms with Gasteiger partial charge in [0.2, 0.25) is 4.80 Å². The van der Waals surface area contributed by atoms with Crippen LogP contribution in [0.3, 0.4) is 0 Å². The highest BCUT2D eigenvalue weighted by Gasteiger charge is 2.14. The summed E-state index contributed by atoms with van der Waals surface area (Å²) in [4.78, 5) is 4.93. The van der Waals surface area contributed by atoms with Crippen molar-refractivity contribution in [2.45, 2.75) is 0 Å². The Morgan fingerprint density at radius 3 is 2.56 bits per heavy atom. The lowest BCUT2D eigenvalue weighted by molar-refractivity contribution is 0.404. The predicted octanol–water partition coefficient (Wildman–Crippen LogP) is 3.06. The third-order valence-electron chi connectivity index (χ3n) is 3.89. The number of ether oxygens (including phenoxy) is 2. The van der Waals surface area contributed by atoms with Gasteiger partial charge < -0.3 is 19.7 Å². The molecule has 2 aromatic carbocycles. The maximum absolute atomic E-state index is 9.97. The normalized spacial score (nSPS) is 11.9. The number of phenols is 2. The summed E-state index contributed by atoms with van der Waals surface area (Å²) in [5.41, 5.74) is 2.04. The lowest BCUT2D eigenvalue weighted by atomic mass is 10.1. The fourth-order valence-electron chi connectivity index (χ4n) is 2.52. The van der Waals surface area contributed by atoms with E-state index >= 15 is 0 Å². The van der Waals surface area contributed by atoms with Gasteiger partial charge >= 0.3 is 0 Å². The van der Waals surface area contributed by atoms with E-state index < -0.39 is 0 Å². The molecule has 7 nitrogen and oxygen atoms in total. The van der Waals surface area contributed by atoms with Gasteiger partial charge in [0.15, 0.2) is 0 Å². The molecule has 1 heterocycles. The number of aromatic nitrogens is 1. The Bertz CT molecular complexity index is 1050. The summed E-state index contributed by atoms with van der Waals surface area (Å²) in [5, 5.41) is 25.8. The average Bonchev–Trinajstić information content (AvgIpc) is 3.09. The van der Waals surface area contributed by atoms with Crippen molar-refractivity contribution < 1.29 is 19.7 Å². The number of benzene rings is 2. The molecule has 2 N–H and O–H groups in total. The maximum atomic E-state index is 9.97. The van der Waals surface area contributed by atoms with Crippen molar-refractivity contribution in [3.05, 3.63) is 52.1 Å². The molecule has 0 fully saturated rings. The van der Waals surface area contributed by atoms with E-state index in [4.69, 9.17) is 9.47 Å². The molecule has 0 aliphatic heterocycles. The number of methoxy groups -OCH3 is 2. The van der Waals surface area contributed by atoms with Crippen molar-refractivity contribution in [3.8, 4) is 34.3 Å². The molecule has 0 saturated carbocycles. The summed E-state index contributed by atoms with van der Waals surface area (Å²) in [6.45, 7) is 0. The second-order valence-corrected chi connectivity index (χ2v) is 6.33. The summed E-state index contributed by atoms with van der Waals surface area (Å²) < 4.78 is 12.5. The Morgan fingerprint density at radius 2 is 1.89 bits per heavy atom. The molecule has 3 rings (SSSR count). The smallest absolute Gasteiger partial charge is 0.205 e. The van der Waals surface area contributed by atoms with Gasteiger partial charge in [-0.2, -0.15) is 5.10 Å². The molecule has 0 unspecified atom stereocenters. The van der Waals surface area contributed by atoms with Crippen LogP contribution < -0.4 is 14.3 Å². The predicted molar refractivity (Wildman–Crippen MR) is 105 cm³/mol. The first kappa shape index (κ1) is 18.5. The van der Waals surface area contributed by atoms with Crippen LogP contribution in [0.1, 0.15) is 5.56 Å². The van der Waals surface area contributed by atoms with Gasteiger partial charge in [-0.3, -0.25) is 4.99 Å². The number of phenolic OH excluding ortho intramolecular Hbond substituents is 2. The molecular weight excluding hydrogens is 366 g/mol. The van der Waals surface area contributed by atoms with E-state index in [9.17, 15) is 10.2 Å². The molecule has 3 aromatic rings. The third-order valence-corrected chi connectivity index (χ3v) is 4.79. The molecule has 0 aliphatic carbocycles. The first-order valence-electron chi connectivity index (χ1n) is 7.99. The molecule has 0 radical (unpaired) electrons. The number of hydrogen-bond donors (Lipinski definition) is 2. The number of rotatable bonds is 5. The zero-order valence-corrected chi connectivity index (χ0v) is 15.9. The fraction of sp³-hybridized carbons (Fsp3) is 0.158. The van der Waals surface area contributed by atoms with Crippen LogP contribution in [0.5, 0.6) is 23.0 Å². The lowest BCUT2D eigenvalue weighted by Crippen LogP contribution is -2.11. The van der Waals surface area contributed by atoms with Crippen LogP contribution in [0, 0.1) is 0 Å². The fourth-order valence-corrected chi connectivity index (χ4v) is 3.32. The maximum Gasteiger partial charge on any atom is 0.205 e. The van der Waals surface area contributed by atoms with Gasteiger partial charge in [0.05, 0.1) is 26.1 Å². The van der Waals surface area contributed by atoms with E-state index in [0.29, 0.717) is 21.9 Å². The Labute approximate surface area is 160 Å². The first-order valence-corrected chi connectivity index (χ1v) is 8.87.